The van der Waals surface area contributed by atoms with Gasteiger partial charge in [-0.15, -0.1) is 0 Å². The Balaban J connectivity index is 2.29. The Hall–Kier alpha value is -0.880. The summed E-state index contributed by atoms with van der Waals surface area (Å²) in [6.07, 6.45) is 1.79. The van der Waals surface area contributed by atoms with Crippen molar-refractivity contribution in [2.45, 2.75) is 19.3 Å². The zero-order valence-electron chi connectivity index (χ0n) is 7.42. The molecular formula is C9H14N2O. The van der Waals surface area contributed by atoms with Crippen molar-refractivity contribution in [1.82, 2.24) is 4.90 Å². The molecule has 3 nitrogen and oxygen atoms in total. The van der Waals surface area contributed by atoms with E-state index in [0.29, 0.717) is 12.8 Å². The fraction of sp³-hybridized carbons (Fsp3) is 0.778. The lowest BCUT2D eigenvalue weighted by atomic mass is 10.00. The van der Waals surface area contributed by atoms with Crippen molar-refractivity contribution in [2.24, 2.45) is 5.92 Å². The first-order valence-corrected chi connectivity index (χ1v) is 4.32. The molecule has 0 aromatic heterocycles. The second kappa shape index (κ2) is 4.22. The monoisotopic (exact) mass is 166 g/mol. The third-order valence-corrected chi connectivity index (χ3v) is 2.33. The molecular weight excluding hydrogens is 152 g/mol. The van der Waals surface area contributed by atoms with E-state index in [4.69, 9.17) is 5.26 Å². The zero-order valence-corrected chi connectivity index (χ0v) is 7.42. The van der Waals surface area contributed by atoms with Crippen molar-refractivity contribution in [1.29, 1.82) is 5.26 Å². The topological polar surface area (TPSA) is 44.1 Å². The normalized spacial score (nSPS) is 23.8. The predicted molar refractivity (Wildman–Crippen MR) is 45.5 cm³/mol. The van der Waals surface area contributed by atoms with E-state index in [1.807, 2.05) is 13.1 Å². The number of hydrogen-bond donors (Lipinski definition) is 0. The summed E-state index contributed by atoms with van der Waals surface area (Å²) in [4.78, 5) is 13.5. The molecule has 1 unspecified atom stereocenters. The van der Waals surface area contributed by atoms with E-state index < -0.39 is 0 Å². The van der Waals surface area contributed by atoms with E-state index in [9.17, 15) is 4.79 Å². The Morgan fingerprint density at radius 2 is 2.50 bits per heavy atom. The zero-order chi connectivity index (χ0) is 8.97. The van der Waals surface area contributed by atoms with Gasteiger partial charge in [0.05, 0.1) is 6.07 Å². The molecule has 1 aliphatic heterocycles. The van der Waals surface area contributed by atoms with Gasteiger partial charge < -0.3 is 4.90 Å². The molecule has 0 radical (unpaired) electrons. The van der Waals surface area contributed by atoms with Crippen molar-refractivity contribution in [3.8, 4) is 6.07 Å². The van der Waals surface area contributed by atoms with Crippen molar-refractivity contribution < 1.29 is 4.79 Å². The highest BCUT2D eigenvalue weighted by molar-refractivity contribution is 5.81. The van der Waals surface area contributed by atoms with Crippen LogP contribution in [0.15, 0.2) is 0 Å². The van der Waals surface area contributed by atoms with Crippen LogP contribution in [-0.2, 0) is 4.79 Å². The summed E-state index contributed by atoms with van der Waals surface area (Å²) in [6, 6.07) is 2.00. The van der Waals surface area contributed by atoms with Crippen LogP contribution in [0, 0.1) is 17.2 Å². The van der Waals surface area contributed by atoms with Gasteiger partial charge in [-0.2, -0.15) is 5.26 Å². The Kier molecular flexibility index (Phi) is 3.24. The van der Waals surface area contributed by atoms with Gasteiger partial charge >= 0.3 is 0 Å². The first-order chi connectivity index (χ1) is 5.74. The molecule has 0 bridgehead atoms. The van der Waals surface area contributed by atoms with Gasteiger partial charge in [0.25, 0.3) is 0 Å². The first kappa shape index (κ1) is 9.21. The van der Waals surface area contributed by atoms with Crippen LogP contribution < -0.4 is 0 Å². The highest BCUT2D eigenvalue weighted by Crippen LogP contribution is 2.17. The van der Waals surface area contributed by atoms with Gasteiger partial charge in [-0.05, 0) is 20.0 Å². The van der Waals surface area contributed by atoms with Crippen LogP contribution in [0.5, 0.6) is 0 Å². The number of Topliss-reactive ketones (excluding diaryl/α,β-unsaturated/α-hetero) is 1. The van der Waals surface area contributed by atoms with Crippen LogP contribution in [0.1, 0.15) is 19.3 Å². The molecule has 12 heavy (non-hydrogen) atoms. The Labute approximate surface area is 73.0 Å². The number of nitrogens with zero attached hydrogens (tertiary/aromatic N) is 2. The third-order valence-electron chi connectivity index (χ3n) is 2.33. The minimum Gasteiger partial charge on any atom is -0.306 e. The molecule has 1 atom stereocenters. The van der Waals surface area contributed by atoms with Gasteiger partial charge in [0.1, 0.15) is 5.78 Å². The Bertz CT molecular complexity index is 207. The largest absolute Gasteiger partial charge is 0.306 e. The third kappa shape index (κ3) is 2.31. The summed E-state index contributed by atoms with van der Waals surface area (Å²) in [5.74, 6) is 0.462. The molecule has 1 rings (SSSR count). The number of carbonyl (C=O) groups is 1. The molecule has 0 aliphatic carbocycles. The average molecular weight is 166 g/mol. The minimum atomic E-state index is 0.198. The van der Waals surface area contributed by atoms with Gasteiger partial charge in [-0.1, -0.05) is 0 Å². The molecule has 66 valence electrons. The summed E-state index contributed by atoms with van der Waals surface area (Å²) < 4.78 is 0. The van der Waals surface area contributed by atoms with Crippen LogP contribution in [-0.4, -0.2) is 30.8 Å². The van der Waals surface area contributed by atoms with Crippen molar-refractivity contribution in [3.05, 3.63) is 0 Å². The van der Waals surface area contributed by atoms with Crippen LogP contribution in [0.25, 0.3) is 0 Å². The standard InChI is InChI=1S/C9H14N2O/c1-11-6-4-8(7-11)9(12)3-2-5-10/h8H,2-4,6-7H2,1H3. The number of likely N-dealkylation sites (tertiary alicyclic amines) is 1. The number of ketones is 1. The molecule has 3 heteroatoms. The van der Waals surface area contributed by atoms with E-state index in [1.54, 1.807) is 0 Å². The van der Waals surface area contributed by atoms with Crippen LogP contribution in [0.3, 0.4) is 0 Å². The highest BCUT2D eigenvalue weighted by atomic mass is 16.1. The van der Waals surface area contributed by atoms with Crippen LogP contribution >= 0.6 is 0 Å². The maximum absolute atomic E-state index is 11.4. The number of hydrogen-bond acceptors (Lipinski definition) is 3. The van der Waals surface area contributed by atoms with E-state index in [1.165, 1.54) is 0 Å². The molecule has 0 spiro atoms. The number of carbonyl (C=O) groups excluding carboxylic acids is 1. The quantitative estimate of drug-likeness (QED) is 0.623. The summed E-state index contributed by atoms with van der Waals surface area (Å²) in [6.45, 7) is 1.90. The number of nitriles is 1. The molecule has 0 amide bonds. The van der Waals surface area contributed by atoms with Crippen molar-refractivity contribution >= 4 is 5.78 Å². The predicted octanol–water partition coefficient (Wildman–Crippen LogP) is 0.811. The van der Waals surface area contributed by atoms with Crippen LogP contribution in [0.2, 0.25) is 0 Å². The lowest BCUT2D eigenvalue weighted by Crippen LogP contribution is -2.19. The van der Waals surface area contributed by atoms with Crippen molar-refractivity contribution in [3.63, 3.8) is 0 Å². The Morgan fingerprint density at radius 1 is 1.75 bits per heavy atom. The summed E-state index contributed by atoms with van der Waals surface area (Å²) in [5.41, 5.74) is 0. The molecule has 0 aromatic carbocycles. The Morgan fingerprint density at radius 3 is 3.00 bits per heavy atom. The number of rotatable bonds is 3. The fourth-order valence-electron chi connectivity index (χ4n) is 1.58. The molecule has 1 heterocycles. The minimum absolute atomic E-state index is 0.198. The molecule has 1 fully saturated rings. The van der Waals surface area contributed by atoms with E-state index in [0.717, 1.165) is 19.5 Å². The highest BCUT2D eigenvalue weighted by Gasteiger charge is 2.25. The van der Waals surface area contributed by atoms with Gasteiger partial charge in [0, 0.05) is 25.3 Å². The first-order valence-electron chi connectivity index (χ1n) is 4.32. The van der Waals surface area contributed by atoms with Crippen molar-refractivity contribution in [2.75, 3.05) is 20.1 Å². The lowest BCUT2D eigenvalue weighted by Gasteiger charge is -2.07. The van der Waals surface area contributed by atoms with E-state index >= 15 is 0 Å². The summed E-state index contributed by atoms with van der Waals surface area (Å²) in [5, 5.41) is 8.30. The van der Waals surface area contributed by atoms with Gasteiger partial charge in [-0.25, -0.2) is 0 Å². The maximum Gasteiger partial charge on any atom is 0.138 e. The molecule has 1 saturated heterocycles. The van der Waals surface area contributed by atoms with E-state index in [2.05, 4.69) is 4.90 Å². The van der Waals surface area contributed by atoms with Gasteiger partial charge in [0.15, 0.2) is 0 Å². The molecule has 0 N–H and O–H groups in total. The van der Waals surface area contributed by atoms with Gasteiger partial charge in [-0.3, -0.25) is 4.79 Å². The molecule has 1 aliphatic rings. The fourth-order valence-corrected chi connectivity index (χ4v) is 1.58. The smallest absolute Gasteiger partial charge is 0.138 e. The maximum atomic E-state index is 11.4. The average Bonchev–Trinajstić information content (AvgIpc) is 2.47. The second-order valence-electron chi connectivity index (χ2n) is 3.37. The van der Waals surface area contributed by atoms with E-state index in [-0.39, 0.29) is 11.7 Å². The second-order valence-corrected chi connectivity index (χ2v) is 3.37. The lowest BCUT2D eigenvalue weighted by molar-refractivity contribution is -0.122. The summed E-state index contributed by atoms with van der Waals surface area (Å²) in [7, 11) is 2.03. The molecule has 0 saturated carbocycles. The molecule has 0 aromatic rings. The SMILES string of the molecule is CN1CCC(C(=O)CCC#N)C1. The van der Waals surface area contributed by atoms with Crippen LogP contribution in [0.4, 0.5) is 0 Å². The van der Waals surface area contributed by atoms with Gasteiger partial charge in [0.2, 0.25) is 0 Å². The summed E-state index contributed by atoms with van der Waals surface area (Å²) >= 11 is 0.